The minimum Gasteiger partial charge on any atom is -0.756 e. The smallest absolute Gasteiger partial charge is 0.306 e. The molecule has 0 fully saturated rings. The Balaban J connectivity index is 5.00. The molecule has 0 radical (unpaired) electrons. The normalized spacial score (nSPS) is 13.8. The molecule has 0 aliphatic rings. The second kappa shape index (κ2) is 60.1. The number of rotatable bonds is 63. The predicted octanol–water partition coefficient (Wildman–Crippen LogP) is 21.0. The topological polar surface area (TPSA) is 114 Å². The molecular formula is C70H133N2O7P. The zero-order chi connectivity index (χ0) is 58.6. The van der Waals surface area contributed by atoms with Crippen molar-refractivity contribution in [3.8, 4) is 0 Å². The van der Waals surface area contributed by atoms with Gasteiger partial charge in [-0.05, 0) is 63.9 Å². The number of hydrogen-bond acceptors (Lipinski definition) is 7. The van der Waals surface area contributed by atoms with Gasteiger partial charge in [0, 0.05) is 12.8 Å². The molecular weight excluding hydrogens is 1010 g/mol. The third kappa shape index (κ3) is 60.6. The van der Waals surface area contributed by atoms with E-state index in [1.165, 1.54) is 212 Å². The Labute approximate surface area is 497 Å². The summed E-state index contributed by atoms with van der Waals surface area (Å²) in [5.74, 6) is -0.553. The highest BCUT2D eigenvalue weighted by Gasteiger charge is 2.27. The number of nitrogens with zero attached hydrogens (tertiary/aromatic N) is 1. The van der Waals surface area contributed by atoms with E-state index in [1.54, 1.807) is 0 Å². The van der Waals surface area contributed by atoms with Gasteiger partial charge in [0.25, 0.3) is 7.82 Å². The first-order valence-corrected chi connectivity index (χ1v) is 35.9. The van der Waals surface area contributed by atoms with Gasteiger partial charge in [-0.25, -0.2) is 0 Å². The van der Waals surface area contributed by atoms with E-state index < -0.39 is 26.6 Å². The highest BCUT2D eigenvalue weighted by molar-refractivity contribution is 7.45. The first-order chi connectivity index (χ1) is 38.9. The quantitative estimate of drug-likeness (QED) is 0.0212. The van der Waals surface area contributed by atoms with E-state index in [4.69, 9.17) is 13.8 Å². The molecule has 0 saturated heterocycles. The van der Waals surface area contributed by atoms with Crippen molar-refractivity contribution in [2.45, 2.75) is 348 Å². The van der Waals surface area contributed by atoms with Crippen LogP contribution >= 0.6 is 7.82 Å². The van der Waals surface area contributed by atoms with Crippen molar-refractivity contribution >= 4 is 19.7 Å². The van der Waals surface area contributed by atoms with Gasteiger partial charge in [-0.3, -0.25) is 14.2 Å². The Morgan fingerprint density at radius 2 is 0.800 bits per heavy atom. The van der Waals surface area contributed by atoms with E-state index in [-0.39, 0.29) is 24.9 Å². The number of nitrogens with one attached hydrogen (secondary N) is 1. The van der Waals surface area contributed by atoms with Gasteiger partial charge < -0.3 is 28.5 Å². The number of unbranched alkanes of at least 4 members (excludes halogenated alkanes) is 41. The van der Waals surface area contributed by atoms with E-state index in [2.05, 4.69) is 62.5 Å². The van der Waals surface area contributed by atoms with Crippen molar-refractivity contribution < 1.29 is 37.3 Å². The van der Waals surface area contributed by atoms with E-state index in [0.717, 1.165) is 83.5 Å². The second-order valence-electron chi connectivity index (χ2n) is 24.7. The lowest BCUT2D eigenvalue weighted by Gasteiger charge is -2.30. The Kier molecular flexibility index (Phi) is 58.6. The highest BCUT2D eigenvalue weighted by atomic mass is 31.2. The number of carbonyl (C=O) groups is 2. The van der Waals surface area contributed by atoms with Crippen molar-refractivity contribution in [2.24, 2.45) is 0 Å². The number of hydrogen-bond donors (Lipinski definition) is 1. The standard InChI is InChI=1S/C70H133N2O7P/c1-7-10-13-16-19-22-25-28-30-31-32-33-34-35-36-37-38-39-40-41-42-44-47-50-53-56-59-62-69(73)71-67(66-78-80(75,76)77-65-64-72(4,5)6)68(61-58-55-52-49-46-43-27-24-21-18-15-12-9-3)79-70(74)63-60-57-54-51-48-45-29-26-23-20-17-14-11-8-2/h11,14,20,23,29,45,58,61,67-68H,7-10,12-13,15-19,21-22,24-28,30-44,46-57,59-60,62-66H2,1-6H3,(H-,71,73,75,76)/b14-11+,23-20+,45-29+,61-58-. The van der Waals surface area contributed by atoms with Crippen molar-refractivity contribution in [2.75, 3.05) is 40.9 Å². The molecule has 0 spiro atoms. The Morgan fingerprint density at radius 1 is 0.450 bits per heavy atom. The second-order valence-corrected chi connectivity index (χ2v) is 26.1. The lowest BCUT2D eigenvalue weighted by molar-refractivity contribution is -0.870. The molecule has 1 amide bonds. The predicted molar refractivity (Wildman–Crippen MR) is 344 cm³/mol. The van der Waals surface area contributed by atoms with Crippen LogP contribution in [0.25, 0.3) is 0 Å². The summed E-state index contributed by atoms with van der Waals surface area (Å²) in [5, 5.41) is 3.04. The van der Waals surface area contributed by atoms with Crippen LogP contribution in [0, 0.1) is 0 Å². The Hall–Kier alpha value is -2.03. The fourth-order valence-electron chi connectivity index (χ4n) is 10.2. The van der Waals surface area contributed by atoms with Gasteiger partial charge >= 0.3 is 5.97 Å². The summed E-state index contributed by atoms with van der Waals surface area (Å²) in [7, 11) is 1.18. The number of carbonyl (C=O) groups excluding carboxylic acids is 2. The number of phosphoric ester groups is 1. The summed E-state index contributed by atoms with van der Waals surface area (Å²) in [6, 6.07) is -0.896. The maximum Gasteiger partial charge on any atom is 0.306 e. The average Bonchev–Trinajstić information content (AvgIpc) is 3.42. The molecule has 0 bridgehead atoms. The number of likely N-dealkylation sites (N-methyl/N-ethyl adjacent to an activating group) is 1. The summed E-state index contributed by atoms with van der Waals surface area (Å²) in [4.78, 5) is 40.1. The minimum absolute atomic E-state index is 0.0248. The third-order valence-corrected chi connectivity index (χ3v) is 16.5. The van der Waals surface area contributed by atoms with Gasteiger partial charge in [0.05, 0.1) is 33.8 Å². The number of amides is 1. The average molecular weight is 1150 g/mol. The molecule has 0 aromatic heterocycles. The van der Waals surface area contributed by atoms with Crippen molar-refractivity contribution in [3.63, 3.8) is 0 Å². The molecule has 9 nitrogen and oxygen atoms in total. The largest absolute Gasteiger partial charge is 0.756 e. The maximum atomic E-state index is 13.6. The summed E-state index contributed by atoms with van der Waals surface area (Å²) in [5.41, 5.74) is 0. The van der Waals surface area contributed by atoms with Crippen LogP contribution in [0.3, 0.4) is 0 Å². The fourth-order valence-corrected chi connectivity index (χ4v) is 11.0. The number of ether oxygens (including phenoxy) is 1. The number of quaternary nitrogens is 1. The fraction of sp³-hybridized carbons (Fsp3) is 0.857. The van der Waals surface area contributed by atoms with Crippen molar-refractivity contribution in [3.05, 3.63) is 48.6 Å². The first kappa shape index (κ1) is 78.0. The van der Waals surface area contributed by atoms with Crippen LogP contribution in [0.5, 0.6) is 0 Å². The van der Waals surface area contributed by atoms with Crippen LogP contribution in [0.15, 0.2) is 48.6 Å². The van der Waals surface area contributed by atoms with Gasteiger partial charge in [0.2, 0.25) is 5.91 Å². The zero-order valence-corrected chi connectivity index (χ0v) is 54.7. The first-order valence-electron chi connectivity index (χ1n) is 34.4. The maximum absolute atomic E-state index is 13.6. The van der Waals surface area contributed by atoms with Crippen LogP contribution < -0.4 is 10.2 Å². The number of esters is 1. The summed E-state index contributed by atoms with van der Waals surface area (Å²) >= 11 is 0. The van der Waals surface area contributed by atoms with E-state index in [1.807, 2.05) is 33.3 Å². The molecule has 3 unspecified atom stereocenters. The van der Waals surface area contributed by atoms with Crippen LogP contribution in [0.4, 0.5) is 0 Å². The van der Waals surface area contributed by atoms with E-state index in [9.17, 15) is 19.0 Å². The Bertz CT molecular complexity index is 1510. The minimum atomic E-state index is -4.70. The summed E-state index contributed by atoms with van der Waals surface area (Å²) in [6.07, 6.45) is 75.3. The van der Waals surface area contributed by atoms with Crippen LogP contribution in [-0.4, -0.2) is 69.4 Å². The molecule has 0 aliphatic carbocycles. The van der Waals surface area contributed by atoms with Gasteiger partial charge in [0.1, 0.15) is 19.3 Å². The number of allylic oxidation sites excluding steroid dienone is 7. The van der Waals surface area contributed by atoms with Crippen LogP contribution in [0.2, 0.25) is 0 Å². The monoisotopic (exact) mass is 1140 g/mol. The van der Waals surface area contributed by atoms with Crippen molar-refractivity contribution in [1.29, 1.82) is 0 Å². The van der Waals surface area contributed by atoms with E-state index in [0.29, 0.717) is 23.9 Å². The van der Waals surface area contributed by atoms with Gasteiger partial charge in [-0.15, -0.1) is 0 Å². The zero-order valence-electron chi connectivity index (χ0n) is 53.8. The van der Waals surface area contributed by atoms with Crippen LogP contribution in [0.1, 0.15) is 335 Å². The SMILES string of the molecule is CC/C=C/C/C=C/C/C=C/CCCCCCC(=O)OC(/C=C\CCCCCCCCCCCCC)C(COP(=O)([O-])OCC[N+](C)(C)C)NC(=O)CCCCCCCCCCCCCCCCCCCCCCCCCCCCC. The molecule has 0 aliphatic heterocycles. The molecule has 80 heavy (non-hydrogen) atoms. The molecule has 3 atom stereocenters. The summed E-state index contributed by atoms with van der Waals surface area (Å²) in [6.45, 7) is 6.76. The molecule has 0 rings (SSSR count). The van der Waals surface area contributed by atoms with Gasteiger partial charge in [-0.2, -0.15) is 0 Å². The van der Waals surface area contributed by atoms with Crippen molar-refractivity contribution in [1.82, 2.24) is 5.32 Å². The molecule has 0 aromatic rings. The summed E-state index contributed by atoms with van der Waals surface area (Å²) < 4.78 is 30.4. The van der Waals surface area contributed by atoms with E-state index >= 15 is 0 Å². The van der Waals surface area contributed by atoms with Gasteiger partial charge in [-0.1, -0.05) is 307 Å². The Morgan fingerprint density at radius 3 is 1.20 bits per heavy atom. The van der Waals surface area contributed by atoms with Crippen LogP contribution in [-0.2, 0) is 27.9 Å². The molecule has 1 N–H and O–H groups in total. The lowest BCUT2D eigenvalue weighted by atomic mass is 10.0. The molecule has 0 saturated carbocycles. The molecule has 10 heteroatoms. The number of phosphoric acid groups is 1. The molecule has 0 heterocycles. The lowest BCUT2D eigenvalue weighted by Crippen LogP contribution is -2.47. The highest BCUT2D eigenvalue weighted by Crippen LogP contribution is 2.38. The molecule has 0 aromatic carbocycles. The third-order valence-electron chi connectivity index (χ3n) is 15.5. The van der Waals surface area contributed by atoms with Gasteiger partial charge in [0.15, 0.2) is 0 Å². The molecule has 470 valence electrons.